The van der Waals surface area contributed by atoms with Crippen LogP contribution in [-0.4, -0.2) is 35.7 Å². The fourth-order valence-corrected chi connectivity index (χ4v) is 5.22. The van der Waals surface area contributed by atoms with Crippen molar-refractivity contribution in [2.24, 2.45) is 0 Å². The number of hydrogen-bond acceptors (Lipinski definition) is 5. The SMILES string of the molecule is CC(=O)N(Cc1ccsc1)c1ccc2c(c1)COC1(CCN(C3CCC3)CC1)O2. The molecule has 1 saturated carbocycles. The van der Waals surface area contributed by atoms with E-state index in [0.717, 1.165) is 54.5 Å². The molecule has 3 aliphatic rings. The van der Waals surface area contributed by atoms with Crippen LogP contribution in [0.2, 0.25) is 0 Å². The molecule has 0 unspecified atom stereocenters. The minimum Gasteiger partial charge on any atom is -0.462 e. The fourth-order valence-electron chi connectivity index (χ4n) is 4.56. The van der Waals surface area contributed by atoms with Gasteiger partial charge in [-0.25, -0.2) is 0 Å². The third-order valence-corrected chi connectivity index (χ3v) is 7.33. The van der Waals surface area contributed by atoms with Crippen LogP contribution >= 0.6 is 11.3 Å². The van der Waals surface area contributed by atoms with E-state index < -0.39 is 5.79 Å². The van der Waals surface area contributed by atoms with Crippen LogP contribution in [0.3, 0.4) is 0 Å². The van der Waals surface area contributed by atoms with Crippen molar-refractivity contribution < 1.29 is 14.3 Å². The first-order valence-corrected chi connectivity index (χ1v) is 11.6. The first-order chi connectivity index (χ1) is 14.1. The van der Waals surface area contributed by atoms with Gasteiger partial charge >= 0.3 is 0 Å². The lowest BCUT2D eigenvalue weighted by atomic mass is 9.89. The number of amides is 1. The van der Waals surface area contributed by atoms with Crippen LogP contribution in [-0.2, 0) is 22.7 Å². The van der Waals surface area contributed by atoms with Crippen molar-refractivity contribution in [2.75, 3.05) is 18.0 Å². The molecule has 0 radical (unpaired) electrons. The number of likely N-dealkylation sites (tertiary alicyclic amines) is 1. The van der Waals surface area contributed by atoms with E-state index in [4.69, 9.17) is 9.47 Å². The van der Waals surface area contributed by atoms with Crippen LogP contribution in [0.4, 0.5) is 5.69 Å². The van der Waals surface area contributed by atoms with Gasteiger partial charge in [-0.15, -0.1) is 0 Å². The first kappa shape index (κ1) is 19.1. The zero-order valence-corrected chi connectivity index (χ0v) is 17.7. The van der Waals surface area contributed by atoms with Crippen LogP contribution in [0.15, 0.2) is 35.0 Å². The molecule has 3 heterocycles. The standard InChI is InChI=1S/C23H28N2O3S/c1-17(26)25(14-18-7-12-29-16-18)21-5-6-22-19(13-21)15-27-23(28-22)8-10-24(11-9-23)20-3-2-4-20/h5-7,12-13,16,20H,2-4,8-11,14-15H2,1H3. The maximum atomic E-state index is 12.3. The molecule has 1 saturated heterocycles. The maximum absolute atomic E-state index is 12.3. The Morgan fingerprint density at radius 1 is 1.28 bits per heavy atom. The van der Waals surface area contributed by atoms with E-state index in [-0.39, 0.29) is 5.91 Å². The molecule has 2 aromatic rings. The quantitative estimate of drug-likeness (QED) is 0.739. The minimum atomic E-state index is -0.480. The monoisotopic (exact) mass is 412 g/mol. The molecule has 2 fully saturated rings. The molecule has 5 rings (SSSR count). The molecule has 0 bridgehead atoms. The van der Waals surface area contributed by atoms with Gasteiger partial charge < -0.3 is 14.4 Å². The van der Waals surface area contributed by atoms with Gasteiger partial charge in [0.2, 0.25) is 11.7 Å². The molecule has 1 aromatic heterocycles. The van der Waals surface area contributed by atoms with Crippen molar-refractivity contribution in [3.05, 3.63) is 46.2 Å². The number of thiophene rings is 1. The van der Waals surface area contributed by atoms with E-state index in [0.29, 0.717) is 13.2 Å². The molecule has 6 heteroatoms. The Labute approximate surface area is 176 Å². The molecule has 1 aromatic carbocycles. The van der Waals surface area contributed by atoms with Crippen LogP contribution in [0.1, 0.15) is 50.2 Å². The van der Waals surface area contributed by atoms with Crippen molar-refractivity contribution in [1.82, 2.24) is 4.90 Å². The Kier molecular flexibility index (Phi) is 5.10. The second-order valence-electron chi connectivity index (χ2n) is 8.45. The third-order valence-electron chi connectivity index (χ3n) is 6.59. The predicted octanol–water partition coefficient (Wildman–Crippen LogP) is 4.55. The van der Waals surface area contributed by atoms with Crippen molar-refractivity contribution in [3.8, 4) is 5.75 Å². The molecule has 5 nitrogen and oxygen atoms in total. The Morgan fingerprint density at radius 2 is 2.10 bits per heavy atom. The number of nitrogens with zero attached hydrogens (tertiary/aromatic N) is 2. The summed E-state index contributed by atoms with van der Waals surface area (Å²) in [6, 6.07) is 8.89. The second kappa shape index (κ2) is 7.74. The average Bonchev–Trinajstić information content (AvgIpc) is 3.19. The topological polar surface area (TPSA) is 42.0 Å². The van der Waals surface area contributed by atoms with Crippen molar-refractivity contribution >= 4 is 22.9 Å². The highest BCUT2D eigenvalue weighted by atomic mass is 32.1. The molecule has 0 N–H and O–H groups in total. The van der Waals surface area contributed by atoms with Gasteiger partial charge in [-0.05, 0) is 53.4 Å². The highest BCUT2D eigenvalue weighted by molar-refractivity contribution is 7.07. The number of hydrogen-bond donors (Lipinski definition) is 0. The van der Waals surface area contributed by atoms with Crippen molar-refractivity contribution in [1.29, 1.82) is 0 Å². The van der Waals surface area contributed by atoms with Gasteiger partial charge in [0.15, 0.2) is 0 Å². The van der Waals surface area contributed by atoms with E-state index in [2.05, 4.69) is 16.3 Å². The lowest BCUT2D eigenvalue weighted by Crippen LogP contribution is -2.54. The number of ether oxygens (including phenoxy) is 2. The number of fused-ring (bicyclic) bond motifs is 1. The lowest BCUT2D eigenvalue weighted by Gasteiger charge is -2.47. The number of carbonyl (C=O) groups excluding carboxylic acids is 1. The molecule has 1 spiro atoms. The normalized spacial score (nSPS) is 21.3. The molecular weight excluding hydrogens is 384 g/mol. The van der Waals surface area contributed by atoms with Gasteiger partial charge in [0.1, 0.15) is 5.75 Å². The molecule has 2 aliphatic heterocycles. The zero-order valence-electron chi connectivity index (χ0n) is 16.9. The third kappa shape index (κ3) is 3.81. The summed E-state index contributed by atoms with van der Waals surface area (Å²) in [4.78, 5) is 16.7. The summed E-state index contributed by atoms with van der Waals surface area (Å²) in [5.74, 6) is 0.455. The summed E-state index contributed by atoms with van der Waals surface area (Å²) in [5, 5.41) is 4.12. The van der Waals surface area contributed by atoms with Crippen LogP contribution in [0.5, 0.6) is 5.75 Å². The summed E-state index contributed by atoms with van der Waals surface area (Å²) in [6.07, 6.45) is 5.90. The fraction of sp³-hybridized carbons (Fsp3) is 0.522. The number of carbonyl (C=O) groups is 1. The maximum Gasteiger partial charge on any atom is 0.224 e. The predicted molar refractivity (Wildman–Crippen MR) is 114 cm³/mol. The summed E-state index contributed by atoms with van der Waals surface area (Å²) >= 11 is 1.65. The number of anilines is 1. The Bertz CT molecular complexity index is 870. The zero-order chi connectivity index (χ0) is 19.8. The van der Waals surface area contributed by atoms with Gasteiger partial charge in [0.05, 0.1) is 13.2 Å². The molecule has 154 valence electrons. The largest absolute Gasteiger partial charge is 0.462 e. The van der Waals surface area contributed by atoms with Gasteiger partial charge in [-0.3, -0.25) is 9.69 Å². The summed E-state index contributed by atoms with van der Waals surface area (Å²) in [7, 11) is 0. The molecule has 1 amide bonds. The number of piperidine rings is 1. The molecule has 1 aliphatic carbocycles. The summed E-state index contributed by atoms with van der Waals surface area (Å²) in [6.45, 7) is 4.84. The van der Waals surface area contributed by atoms with Gasteiger partial charge in [0.25, 0.3) is 0 Å². The molecule has 0 atom stereocenters. The van der Waals surface area contributed by atoms with Crippen molar-refractivity contribution in [3.63, 3.8) is 0 Å². The van der Waals surface area contributed by atoms with Crippen LogP contribution in [0, 0.1) is 0 Å². The second-order valence-corrected chi connectivity index (χ2v) is 9.23. The highest BCUT2D eigenvalue weighted by Gasteiger charge is 2.42. The highest BCUT2D eigenvalue weighted by Crippen LogP contribution is 2.40. The van der Waals surface area contributed by atoms with E-state index in [1.807, 2.05) is 28.5 Å². The first-order valence-electron chi connectivity index (χ1n) is 10.6. The molecular formula is C23H28N2O3S. The summed E-state index contributed by atoms with van der Waals surface area (Å²) < 4.78 is 12.7. The van der Waals surface area contributed by atoms with E-state index in [1.165, 1.54) is 19.3 Å². The summed E-state index contributed by atoms with van der Waals surface area (Å²) in [5.41, 5.74) is 3.06. The van der Waals surface area contributed by atoms with Gasteiger partial charge in [0, 0.05) is 50.1 Å². The van der Waals surface area contributed by atoms with Gasteiger partial charge in [-0.1, -0.05) is 6.42 Å². The van der Waals surface area contributed by atoms with Crippen LogP contribution in [0.25, 0.3) is 0 Å². The minimum absolute atomic E-state index is 0.0358. The van der Waals surface area contributed by atoms with Crippen molar-refractivity contribution in [2.45, 2.75) is 64.0 Å². The number of benzene rings is 1. The van der Waals surface area contributed by atoms with Crippen LogP contribution < -0.4 is 9.64 Å². The van der Waals surface area contributed by atoms with Gasteiger partial charge in [-0.2, -0.15) is 11.3 Å². The van der Waals surface area contributed by atoms with E-state index in [1.54, 1.807) is 18.3 Å². The lowest BCUT2D eigenvalue weighted by molar-refractivity contribution is -0.231. The Hall–Kier alpha value is -1.89. The Morgan fingerprint density at radius 3 is 2.76 bits per heavy atom. The molecule has 29 heavy (non-hydrogen) atoms. The average molecular weight is 413 g/mol. The smallest absolute Gasteiger partial charge is 0.224 e. The van der Waals surface area contributed by atoms with E-state index >= 15 is 0 Å². The van der Waals surface area contributed by atoms with E-state index in [9.17, 15) is 4.79 Å². The number of rotatable bonds is 4. The Balaban J connectivity index is 1.29.